The van der Waals surface area contributed by atoms with Crippen LogP contribution in [0, 0.1) is 0 Å². The van der Waals surface area contributed by atoms with Crippen molar-refractivity contribution in [1.82, 2.24) is 0 Å². The van der Waals surface area contributed by atoms with Crippen LogP contribution in [-0.4, -0.2) is 5.11 Å². The average molecular weight is 315 g/mol. The minimum absolute atomic E-state index is 0.0953. The third-order valence-corrected chi connectivity index (χ3v) is 4.82. The molecule has 1 unspecified atom stereocenters. The van der Waals surface area contributed by atoms with Gasteiger partial charge in [-0.2, -0.15) is 0 Å². The predicted molar refractivity (Wildman–Crippen MR) is 89.0 cm³/mol. The fourth-order valence-electron chi connectivity index (χ4n) is 2.53. The zero-order valence-corrected chi connectivity index (χ0v) is 12.9. The van der Waals surface area contributed by atoms with Gasteiger partial charge in [0, 0.05) is 10.8 Å². The lowest BCUT2D eigenvalue weighted by Gasteiger charge is -2.23. The molecule has 1 aromatic heterocycles. The summed E-state index contributed by atoms with van der Waals surface area (Å²) in [5.74, 6) is -0.0953. The Morgan fingerprint density at radius 2 is 1.29 bits per heavy atom. The molecule has 21 heavy (non-hydrogen) atoms. The maximum absolute atomic E-state index is 10.9. The Bertz CT molecular complexity index is 654. The van der Waals surface area contributed by atoms with Crippen LogP contribution in [0.4, 0.5) is 0 Å². The highest BCUT2D eigenvalue weighted by atomic mass is 35.5. The lowest BCUT2D eigenvalue weighted by molar-refractivity contribution is 0.163. The molecule has 0 fully saturated rings. The summed E-state index contributed by atoms with van der Waals surface area (Å²) < 4.78 is 0.698. The van der Waals surface area contributed by atoms with Crippen LogP contribution < -0.4 is 0 Å². The number of benzene rings is 2. The second-order valence-corrected chi connectivity index (χ2v) is 6.63. The van der Waals surface area contributed by atoms with Gasteiger partial charge in [0.1, 0.15) is 0 Å². The van der Waals surface area contributed by atoms with Crippen molar-refractivity contribution in [2.24, 2.45) is 0 Å². The maximum atomic E-state index is 10.9. The Kier molecular flexibility index (Phi) is 4.39. The Hall–Kier alpha value is -1.61. The van der Waals surface area contributed by atoms with Crippen LogP contribution in [0.5, 0.6) is 0 Å². The van der Waals surface area contributed by atoms with Gasteiger partial charge in [0.2, 0.25) is 0 Å². The molecule has 106 valence electrons. The number of hydrogen-bond donors (Lipinski definition) is 1. The monoisotopic (exact) mass is 314 g/mol. The second-order valence-electron chi connectivity index (χ2n) is 4.89. The molecule has 0 bridgehead atoms. The van der Waals surface area contributed by atoms with Gasteiger partial charge in [-0.15, -0.1) is 11.3 Å². The molecule has 1 nitrogen and oxygen atoms in total. The fraction of sp³-hybridized carbons (Fsp3) is 0.111. The molecule has 1 N–H and O–H groups in total. The van der Waals surface area contributed by atoms with E-state index in [1.54, 1.807) is 0 Å². The van der Waals surface area contributed by atoms with E-state index in [0.29, 0.717) is 4.34 Å². The average Bonchev–Trinajstić information content (AvgIpc) is 2.96. The summed E-state index contributed by atoms with van der Waals surface area (Å²) in [7, 11) is 0. The molecule has 1 atom stereocenters. The summed E-state index contributed by atoms with van der Waals surface area (Å²) in [5, 5.41) is 10.9. The van der Waals surface area contributed by atoms with Crippen molar-refractivity contribution in [3.8, 4) is 0 Å². The van der Waals surface area contributed by atoms with E-state index < -0.39 is 6.10 Å². The largest absolute Gasteiger partial charge is 0.387 e. The highest BCUT2D eigenvalue weighted by molar-refractivity contribution is 7.16. The summed E-state index contributed by atoms with van der Waals surface area (Å²) in [6, 6.07) is 23.9. The van der Waals surface area contributed by atoms with Crippen molar-refractivity contribution >= 4 is 22.9 Å². The van der Waals surface area contributed by atoms with Gasteiger partial charge in [-0.1, -0.05) is 72.3 Å². The molecule has 2 aromatic carbocycles. The first-order valence-electron chi connectivity index (χ1n) is 6.79. The molecule has 3 rings (SSSR count). The summed E-state index contributed by atoms with van der Waals surface area (Å²) >= 11 is 7.44. The molecule has 0 saturated heterocycles. The maximum Gasteiger partial charge on any atom is 0.0991 e. The van der Waals surface area contributed by atoms with E-state index in [1.165, 1.54) is 11.3 Å². The quantitative estimate of drug-likeness (QED) is 0.695. The first-order chi connectivity index (χ1) is 10.3. The smallest absolute Gasteiger partial charge is 0.0991 e. The Balaban J connectivity index is 2.04. The van der Waals surface area contributed by atoms with Crippen molar-refractivity contribution in [2.45, 2.75) is 12.0 Å². The van der Waals surface area contributed by atoms with Gasteiger partial charge in [-0.3, -0.25) is 0 Å². The first-order valence-corrected chi connectivity index (χ1v) is 7.98. The summed E-state index contributed by atoms with van der Waals surface area (Å²) in [6.07, 6.45) is -0.604. The standard InChI is InChI=1S/C18H15ClOS/c19-16-12-11-15(21-16)18(20)17(13-7-3-1-4-8-13)14-9-5-2-6-10-14/h1-12,17-18,20H. The molecule has 1 heterocycles. The molecule has 0 saturated carbocycles. The highest BCUT2D eigenvalue weighted by Gasteiger charge is 2.25. The van der Waals surface area contributed by atoms with Crippen LogP contribution in [0.3, 0.4) is 0 Å². The van der Waals surface area contributed by atoms with Crippen molar-refractivity contribution in [2.75, 3.05) is 0 Å². The number of rotatable bonds is 4. The van der Waals surface area contributed by atoms with E-state index in [9.17, 15) is 5.11 Å². The third kappa shape index (κ3) is 3.18. The molecule has 0 aliphatic heterocycles. The van der Waals surface area contributed by atoms with E-state index in [2.05, 4.69) is 24.3 Å². The zero-order chi connectivity index (χ0) is 14.7. The van der Waals surface area contributed by atoms with Crippen molar-refractivity contribution in [3.05, 3.63) is 93.1 Å². The van der Waals surface area contributed by atoms with Gasteiger partial charge in [-0.25, -0.2) is 0 Å². The highest BCUT2D eigenvalue weighted by Crippen LogP contribution is 2.39. The van der Waals surface area contributed by atoms with Crippen LogP contribution in [0.2, 0.25) is 4.34 Å². The summed E-state index contributed by atoms with van der Waals surface area (Å²) in [4.78, 5) is 0.887. The van der Waals surface area contributed by atoms with Crippen LogP contribution in [0.1, 0.15) is 28.0 Å². The molecule has 0 amide bonds. The van der Waals surface area contributed by atoms with Gasteiger partial charge in [-0.05, 0) is 23.3 Å². The molecule has 0 aliphatic carbocycles. The minimum Gasteiger partial charge on any atom is -0.387 e. The topological polar surface area (TPSA) is 20.2 Å². The van der Waals surface area contributed by atoms with E-state index in [1.807, 2.05) is 48.5 Å². The number of hydrogen-bond acceptors (Lipinski definition) is 2. The van der Waals surface area contributed by atoms with Crippen molar-refractivity contribution < 1.29 is 5.11 Å². The van der Waals surface area contributed by atoms with E-state index in [4.69, 9.17) is 11.6 Å². The molecule has 3 aromatic rings. The van der Waals surface area contributed by atoms with E-state index >= 15 is 0 Å². The van der Waals surface area contributed by atoms with E-state index in [-0.39, 0.29) is 5.92 Å². The van der Waals surface area contributed by atoms with E-state index in [0.717, 1.165) is 16.0 Å². The first kappa shape index (κ1) is 14.3. The third-order valence-electron chi connectivity index (χ3n) is 3.52. The van der Waals surface area contributed by atoms with Crippen LogP contribution in [-0.2, 0) is 0 Å². The minimum atomic E-state index is -0.604. The fourth-order valence-corrected chi connectivity index (χ4v) is 3.61. The summed E-state index contributed by atoms with van der Waals surface area (Å²) in [6.45, 7) is 0. The molecule has 3 heteroatoms. The molecular weight excluding hydrogens is 300 g/mol. The van der Waals surface area contributed by atoms with Gasteiger partial charge in [0.25, 0.3) is 0 Å². The number of thiophene rings is 1. The molecule has 0 spiro atoms. The lowest BCUT2D eigenvalue weighted by Crippen LogP contribution is -2.11. The Morgan fingerprint density at radius 3 is 1.71 bits per heavy atom. The second kappa shape index (κ2) is 6.44. The van der Waals surface area contributed by atoms with Gasteiger partial charge < -0.3 is 5.11 Å². The van der Waals surface area contributed by atoms with Crippen LogP contribution >= 0.6 is 22.9 Å². The van der Waals surface area contributed by atoms with Crippen molar-refractivity contribution in [3.63, 3.8) is 0 Å². The summed E-state index contributed by atoms with van der Waals surface area (Å²) in [5.41, 5.74) is 2.20. The van der Waals surface area contributed by atoms with Crippen LogP contribution in [0.25, 0.3) is 0 Å². The van der Waals surface area contributed by atoms with Gasteiger partial charge >= 0.3 is 0 Å². The number of aliphatic hydroxyl groups is 1. The van der Waals surface area contributed by atoms with Gasteiger partial charge in [0.05, 0.1) is 10.4 Å². The zero-order valence-electron chi connectivity index (χ0n) is 11.3. The molecular formula is C18H15ClOS. The predicted octanol–water partition coefficient (Wildman–Crippen LogP) is 5.27. The normalized spacial score (nSPS) is 12.5. The van der Waals surface area contributed by atoms with Crippen LogP contribution in [0.15, 0.2) is 72.8 Å². The van der Waals surface area contributed by atoms with Crippen molar-refractivity contribution in [1.29, 1.82) is 0 Å². The SMILES string of the molecule is OC(c1ccc(Cl)s1)C(c1ccccc1)c1ccccc1. The van der Waals surface area contributed by atoms with Gasteiger partial charge in [0.15, 0.2) is 0 Å². The Morgan fingerprint density at radius 1 is 0.762 bits per heavy atom. The number of halogens is 1. The lowest BCUT2D eigenvalue weighted by atomic mass is 9.86. The Labute approximate surface area is 133 Å². The number of aliphatic hydroxyl groups excluding tert-OH is 1. The molecule has 0 radical (unpaired) electrons. The molecule has 0 aliphatic rings.